The maximum absolute atomic E-state index is 12.2. The summed E-state index contributed by atoms with van der Waals surface area (Å²) in [5, 5.41) is 34.2. The average molecular weight is 450 g/mol. The van der Waals surface area contributed by atoms with Gasteiger partial charge in [-0.3, -0.25) is 20.3 Å². The van der Waals surface area contributed by atoms with Gasteiger partial charge < -0.3 is 26.6 Å². The molecule has 8 N–H and O–H groups in total. The molecule has 0 bridgehead atoms. The molecule has 31 heavy (non-hydrogen) atoms. The van der Waals surface area contributed by atoms with Crippen LogP contribution in [-0.4, -0.2) is 53.6 Å². The molecule has 168 valence electrons. The van der Waals surface area contributed by atoms with E-state index in [4.69, 9.17) is 11.1 Å². The van der Waals surface area contributed by atoms with Gasteiger partial charge in [0.15, 0.2) is 0 Å². The third-order valence-electron chi connectivity index (χ3n) is 4.41. The lowest BCUT2D eigenvalue weighted by Gasteiger charge is -2.16. The molecule has 1 unspecified atom stereocenters. The molecule has 0 fully saturated rings. The number of amidine groups is 1. The molecular formula is C21H28ClN5O4. The molecule has 1 atom stereocenters. The molecule has 0 aliphatic heterocycles. The van der Waals surface area contributed by atoms with Crippen LogP contribution in [0.1, 0.15) is 16.7 Å². The van der Waals surface area contributed by atoms with Crippen molar-refractivity contribution < 1.29 is 19.8 Å². The van der Waals surface area contributed by atoms with Crippen molar-refractivity contribution >= 4 is 30.1 Å². The van der Waals surface area contributed by atoms with Crippen LogP contribution < -0.4 is 21.7 Å². The van der Waals surface area contributed by atoms with E-state index in [0.29, 0.717) is 25.1 Å². The van der Waals surface area contributed by atoms with Gasteiger partial charge in [-0.15, -0.1) is 12.4 Å². The zero-order valence-corrected chi connectivity index (χ0v) is 17.7. The Morgan fingerprint density at radius 2 is 1.61 bits per heavy atom. The quantitative estimate of drug-likeness (QED) is 0.189. The van der Waals surface area contributed by atoms with Crippen LogP contribution in [0.5, 0.6) is 5.75 Å². The Balaban J connectivity index is 0.00000480. The number of rotatable bonds is 11. The zero-order chi connectivity index (χ0) is 21.9. The summed E-state index contributed by atoms with van der Waals surface area (Å²) in [6.07, 6.45) is 0.600. The molecule has 2 amide bonds. The van der Waals surface area contributed by atoms with Crippen LogP contribution in [0.2, 0.25) is 0 Å². The van der Waals surface area contributed by atoms with Gasteiger partial charge in [-0.1, -0.05) is 36.4 Å². The molecule has 2 aromatic rings. The lowest BCUT2D eigenvalue weighted by molar-refractivity contribution is -0.128. The Bertz CT molecular complexity index is 859. The highest BCUT2D eigenvalue weighted by Gasteiger charge is 2.17. The molecular weight excluding hydrogens is 422 g/mol. The van der Waals surface area contributed by atoms with Crippen LogP contribution in [0.25, 0.3) is 0 Å². The summed E-state index contributed by atoms with van der Waals surface area (Å²) in [6.45, 7) is 0.118. The summed E-state index contributed by atoms with van der Waals surface area (Å²) in [5.74, 6) is -0.653. The van der Waals surface area contributed by atoms with Crippen LogP contribution in [0.4, 0.5) is 0 Å². The minimum atomic E-state index is -0.859. The van der Waals surface area contributed by atoms with E-state index in [1.54, 1.807) is 48.5 Å². The molecule has 0 radical (unpaired) electrons. The number of amides is 2. The van der Waals surface area contributed by atoms with E-state index in [9.17, 15) is 19.8 Å². The van der Waals surface area contributed by atoms with Crippen molar-refractivity contribution in [3.63, 3.8) is 0 Å². The Labute approximate surface area is 187 Å². The predicted octanol–water partition coefficient (Wildman–Crippen LogP) is 0.0237. The number of nitrogens with two attached hydrogens (primary N) is 1. The second-order valence-electron chi connectivity index (χ2n) is 6.71. The maximum atomic E-state index is 12.2. The molecule has 0 aromatic heterocycles. The lowest BCUT2D eigenvalue weighted by atomic mass is 10.1. The largest absolute Gasteiger partial charge is 0.508 e. The number of halogens is 1. The first-order chi connectivity index (χ1) is 14.4. The fourth-order valence-electron chi connectivity index (χ4n) is 2.65. The van der Waals surface area contributed by atoms with Gasteiger partial charge in [-0.2, -0.15) is 0 Å². The monoisotopic (exact) mass is 449 g/mol. The third kappa shape index (κ3) is 9.04. The van der Waals surface area contributed by atoms with Crippen molar-refractivity contribution in [1.29, 1.82) is 5.41 Å². The second-order valence-corrected chi connectivity index (χ2v) is 6.71. The van der Waals surface area contributed by atoms with E-state index in [1.807, 2.05) is 0 Å². The second kappa shape index (κ2) is 13.2. The Morgan fingerprint density at radius 3 is 2.19 bits per heavy atom. The van der Waals surface area contributed by atoms with Crippen LogP contribution in [-0.2, 0) is 22.6 Å². The molecule has 0 saturated carbocycles. The standard InChI is InChI=1S/C21H27N5O4.ClH/c22-20(23)16-5-1-15(2-6-16)11-25-18(13-27)21(30)26-12-19(29)24-10-9-14-3-7-17(28)8-4-14;/h1-8,18,25,27-28H,9-13H2,(H3,22,23)(H,24,29)(H,26,30);1H. The number of hydrogen-bond acceptors (Lipinski definition) is 6. The molecule has 10 heteroatoms. The van der Waals surface area contributed by atoms with E-state index < -0.39 is 18.6 Å². The topological polar surface area (TPSA) is 161 Å². The summed E-state index contributed by atoms with van der Waals surface area (Å²) in [7, 11) is 0. The van der Waals surface area contributed by atoms with E-state index >= 15 is 0 Å². The predicted molar refractivity (Wildman–Crippen MR) is 120 cm³/mol. The summed E-state index contributed by atoms with van der Waals surface area (Å²) >= 11 is 0. The van der Waals surface area contributed by atoms with Gasteiger partial charge >= 0.3 is 0 Å². The fraction of sp³-hybridized carbons (Fsp3) is 0.286. The molecule has 9 nitrogen and oxygen atoms in total. The normalized spacial score (nSPS) is 11.1. The summed E-state index contributed by atoms with van der Waals surface area (Å²) < 4.78 is 0. The number of phenols is 1. The average Bonchev–Trinajstić information content (AvgIpc) is 2.74. The van der Waals surface area contributed by atoms with Crippen LogP contribution in [0.3, 0.4) is 0 Å². The molecule has 0 saturated heterocycles. The number of aliphatic hydroxyl groups excluding tert-OH is 1. The number of carbonyl (C=O) groups is 2. The first-order valence-corrected chi connectivity index (χ1v) is 9.49. The van der Waals surface area contributed by atoms with Crippen LogP contribution in [0, 0.1) is 5.41 Å². The number of nitrogen functional groups attached to an aromatic ring is 1. The smallest absolute Gasteiger partial charge is 0.239 e. The first kappa shape index (κ1) is 25.9. The van der Waals surface area contributed by atoms with Gasteiger partial charge in [0, 0.05) is 18.7 Å². The van der Waals surface area contributed by atoms with E-state index in [2.05, 4.69) is 16.0 Å². The van der Waals surface area contributed by atoms with Crippen LogP contribution >= 0.6 is 12.4 Å². The molecule has 0 spiro atoms. The highest BCUT2D eigenvalue weighted by Crippen LogP contribution is 2.09. The van der Waals surface area contributed by atoms with Crippen molar-refractivity contribution in [2.75, 3.05) is 19.7 Å². The number of phenolic OH excluding ortho intramolecular Hbond substituents is 1. The molecule has 2 aromatic carbocycles. The fourth-order valence-corrected chi connectivity index (χ4v) is 2.65. The highest BCUT2D eigenvalue weighted by molar-refractivity contribution is 5.94. The Hall–Kier alpha value is -3.14. The van der Waals surface area contributed by atoms with Gasteiger partial charge in [-0.05, 0) is 29.7 Å². The molecule has 0 aliphatic rings. The summed E-state index contributed by atoms with van der Waals surface area (Å²) in [4.78, 5) is 24.1. The number of aliphatic hydroxyl groups is 1. The van der Waals surface area contributed by atoms with E-state index in [1.165, 1.54) is 0 Å². The molecule has 0 aliphatic carbocycles. The Kier molecular flexibility index (Phi) is 11.0. The van der Waals surface area contributed by atoms with Gasteiger partial charge in [0.05, 0.1) is 13.2 Å². The van der Waals surface area contributed by atoms with Crippen LogP contribution in [0.15, 0.2) is 48.5 Å². The Morgan fingerprint density at radius 1 is 1.00 bits per heavy atom. The SMILES string of the molecule is Cl.N=C(N)c1ccc(CNC(CO)C(=O)NCC(=O)NCCc2ccc(O)cc2)cc1. The number of aromatic hydroxyl groups is 1. The van der Waals surface area contributed by atoms with Crippen molar-refractivity contribution in [1.82, 2.24) is 16.0 Å². The zero-order valence-electron chi connectivity index (χ0n) is 16.9. The minimum Gasteiger partial charge on any atom is -0.508 e. The summed E-state index contributed by atoms with van der Waals surface area (Å²) in [6, 6.07) is 12.8. The van der Waals surface area contributed by atoms with Crippen molar-refractivity contribution in [2.45, 2.75) is 19.0 Å². The van der Waals surface area contributed by atoms with Crippen molar-refractivity contribution in [3.8, 4) is 5.75 Å². The number of carbonyl (C=O) groups excluding carboxylic acids is 2. The van der Waals surface area contributed by atoms with Crippen molar-refractivity contribution in [2.24, 2.45) is 5.73 Å². The molecule has 2 rings (SSSR count). The molecule has 0 heterocycles. The van der Waals surface area contributed by atoms with E-state index in [0.717, 1.165) is 11.1 Å². The van der Waals surface area contributed by atoms with Gasteiger partial charge in [0.25, 0.3) is 0 Å². The lowest BCUT2D eigenvalue weighted by Crippen LogP contribution is -2.48. The first-order valence-electron chi connectivity index (χ1n) is 9.49. The maximum Gasteiger partial charge on any atom is 0.239 e. The number of hydrogen-bond donors (Lipinski definition) is 7. The van der Waals surface area contributed by atoms with Gasteiger partial charge in [0.1, 0.15) is 17.6 Å². The number of benzene rings is 2. The summed E-state index contributed by atoms with van der Waals surface area (Å²) in [5.41, 5.74) is 7.84. The van der Waals surface area contributed by atoms with E-state index in [-0.39, 0.29) is 36.4 Å². The number of nitrogens with one attached hydrogen (secondary N) is 4. The van der Waals surface area contributed by atoms with Crippen molar-refractivity contribution in [3.05, 3.63) is 65.2 Å². The minimum absolute atomic E-state index is 0. The van der Waals surface area contributed by atoms with Gasteiger partial charge in [-0.25, -0.2) is 0 Å². The third-order valence-corrected chi connectivity index (χ3v) is 4.41. The highest BCUT2D eigenvalue weighted by atomic mass is 35.5. The van der Waals surface area contributed by atoms with Gasteiger partial charge in [0.2, 0.25) is 11.8 Å².